The summed E-state index contributed by atoms with van der Waals surface area (Å²) in [7, 11) is 0. The molecule has 0 aliphatic rings. The number of pyridine rings is 1. The van der Waals surface area contributed by atoms with E-state index in [4.69, 9.17) is 11.6 Å². The molecule has 0 saturated heterocycles. The van der Waals surface area contributed by atoms with Gasteiger partial charge in [0.15, 0.2) is 11.9 Å². The number of aromatic nitrogens is 1. The Morgan fingerprint density at radius 3 is 2.50 bits per heavy atom. The second-order valence-corrected chi connectivity index (χ2v) is 4.28. The second-order valence-electron chi connectivity index (χ2n) is 3.87. The highest BCUT2D eigenvalue weighted by molar-refractivity contribution is 6.33. The van der Waals surface area contributed by atoms with Gasteiger partial charge in [-0.25, -0.2) is 0 Å². The van der Waals surface area contributed by atoms with Crippen molar-refractivity contribution in [2.75, 3.05) is 0 Å². The van der Waals surface area contributed by atoms with E-state index in [1.54, 1.807) is 19.2 Å². The van der Waals surface area contributed by atoms with Crippen LogP contribution in [0.2, 0.25) is 5.02 Å². The number of halogens is 1. The maximum absolute atomic E-state index is 11.5. The van der Waals surface area contributed by atoms with Gasteiger partial charge in [-0.3, -0.25) is 0 Å². The summed E-state index contributed by atoms with van der Waals surface area (Å²) in [5, 5.41) is 12.1. The Kier molecular flexibility index (Phi) is 2.84. The summed E-state index contributed by atoms with van der Waals surface area (Å²) >= 11 is 6.14. The second kappa shape index (κ2) is 4.14. The normalized spacial score (nSPS) is 10.4. The van der Waals surface area contributed by atoms with E-state index in [0.717, 1.165) is 21.4 Å². The summed E-state index contributed by atoms with van der Waals surface area (Å²) in [4.78, 5) is 0. The van der Waals surface area contributed by atoms with Crippen molar-refractivity contribution in [3.63, 3.8) is 0 Å². The third-order valence-corrected chi connectivity index (χ3v) is 2.86. The Bertz CT molecular complexity index is 537. The lowest BCUT2D eigenvalue weighted by molar-refractivity contribution is -0.611. The van der Waals surface area contributed by atoms with E-state index in [-0.39, 0.29) is 0 Å². The minimum Gasteiger partial charge on any atom is -0.618 e. The lowest BCUT2D eigenvalue weighted by Gasteiger charge is -2.06. The topological polar surface area (TPSA) is 26.9 Å². The molecule has 1 aromatic carbocycles. The fraction of sp³-hybridized carbons (Fsp3) is 0.154. The monoisotopic (exact) mass is 233 g/mol. The van der Waals surface area contributed by atoms with Gasteiger partial charge < -0.3 is 5.21 Å². The molecule has 1 heterocycles. The lowest BCUT2D eigenvalue weighted by atomic mass is 10.1. The maximum atomic E-state index is 11.5. The molecule has 82 valence electrons. The van der Waals surface area contributed by atoms with Crippen LogP contribution in [-0.4, -0.2) is 0 Å². The third kappa shape index (κ3) is 2.02. The molecular formula is C13H12ClNO. The van der Waals surface area contributed by atoms with Crippen LogP contribution in [0.15, 0.2) is 36.5 Å². The SMILES string of the molecule is Cc1ccc(-c2ccc(C)[n+]([O-])c2)c(Cl)c1. The number of nitrogens with zero attached hydrogens (tertiary/aromatic N) is 1. The first kappa shape index (κ1) is 11.0. The molecule has 0 bridgehead atoms. The Labute approximate surface area is 99.7 Å². The summed E-state index contributed by atoms with van der Waals surface area (Å²) in [5.41, 5.74) is 3.50. The molecule has 0 amide bonds. The molecule has 2 aromatic rings. The molecule has 0 saturated carbocycles. The van der Waals surface area contributed by atoms with Gasteiger partial charge in [0, 0.05) is 29.1 Å². The van der Waals surface area contributed by atoms with Crippen LogP contribution in [0.5, 0.6) is 0 Å². The molecule has 0 spiro atoms. The number of rotatable bonds is 1. The Morgan fingerprint density at radius 2 is 1.88 bits per heavy atom. The van der Waals surface area contributed by atoms with Gasteiger partial charge in [0.25, 0.3) is 0 Å². The van der Waals surface area contributed by atoms with Crippen LogP contribution >= 0.6 is 11.6 Å². The van der Waals surface area contributed by atoms with Crippen molar-refractivity contribution in [1.82, 2.24) is 0 Å². The van der Waals surface area contributed by atoms with Gasteiger partial charge in [0.1, 0.15) is 0 Å². The molecule has 2 nitrogen and oxygen atoms in total. The average molecular weight is 234 g/mol. The Morgan fingerprint density at radius 1 is 1.12 bits per heavy atom. The van der Waals surface area contributed by atoms with E-state index in [2.05, 4.69) is 0 Å². The van der Waals surface area contributed by atoms with E-state index in [1.165, 1.54) is 0 Å². The van der Waals surface area contributed by atoms with Crippen molar-refractivity contribution in [3.8, 4) is 11.1 Å². The zero-order valence-corrected chi connectivity index (χ0v) is 9.95. The lowest BCUT2D eigenvalue weighted by Crippen LogP contribution is -2.29. The minimum absolute atomic E-state index is 0.670. The van der Waals surface area contributed by atoms with Crippen LogP contribution < -0.4 is 4.73 Å². The van der Waals surface area contributed by atoms with E-state index in [1.807, 2.05) is 31.2 Å². The molecule has 3 heteroatoms. The maximum Gasteiger partial charge on any atom is 0.189 e. The fourth-order valence-electron chi connectivity index (χ4n) is 1.57. The molecule has 0 aliphatic carbocycles. The number of aryl methyl sites for hydroxylation is 2. The molecule has 0 N–H and O–H groups in total. The van der Waals surface area contributed by atoms with Crippen LogP contribution in [0.3, 0.4) is 0 Å². The highest BCUT2D eigenvalue weighted by atomic mass is 35.5. The molecule has 16 heavy (non-hydrogen) atoms. The number of benzene rings is 1. The van der Waals surface area contributed by atoms with Crippen LogP contribution in [0.1, 0.15) is 11.3 Å². The summed E-state index contributed by atoms with van der Waals surface area (Å²) in [5.74, 6) is 0. The zero-order valence-electron chi connectivity index (χ0n) is 9.20. The largest absolute Gasteiger partial charge is 0.618 e. The average Bonchev–Trinajstić information content (AvgIpc) is 2.22. The summed E-state index contributed by atoms with van der Waals surface area (Å²) in [6.45, 7) is 3.76. The van der Waals surface area contributed by atoms with E-state index in [0.29, 0.717) is 10.7 Å². The third-order valence-electron chi connectivity index (χ3n) is 2.54. The number of hydrogen-bond donors (Lipinski definition) is 0. The van der Waals surface area contributed by atoms with Gasteiger partial charge in [-0.15, -0.1) is 0 Å². The highest BCUT2D eigenvalue weighted by Gasteiger charge is 2.07. The molecular weight excluding hydrogens is 222 g/mol. The van der Waals surface area contributed by atoms with Crippen molar-refractivity contribution >= 4 is 11.6 Å². The highest BCUT2D eigenvalue weighted by Crippen LogP contribution is 2.27. The van der Waals surface area contributed by atoms with Crippen molar-refractivity contribution in [2.45, 2.75) is 13.8 Å². The molecule has 0 unspecified atom stereocenters. The van der Waals surface area contributed by atoms with Gasteiger partial charge in [0.2, 0.25) is 0 Å². The van der Waals surface area contributed by atoms with Crippen molar-refractivity contribution in [1.29, 1.82) is 0 Å². The van der Waals surface area contributed by atoms with Gasteiger partial charge in [0.05, 0.1) is 0 Å². The first-order valence-electron chi connectivity index (χ1n) is 5.04. The predicted octanol–water partition coefficient (Wildman–Crippen LogP) is 3.26. The predicted molar refractivity (Wildman–Crippen MR) is 65.3 cm³/mol. The van der Waals surface area contributed by atoms with Crippen molar-refractivity contribution in [2.24, 2.45) is 0 Å². The smallest absolute Gasteiger partial charge is 0.189 e. The van der Waals surface area contributed by atoms with E-state index >= 15 is 0 Å². The van der Waals surface area contributed by atoms with Gasteiger partial charge in [-0.05, 0) is 24.6 Å². The standard InChI is InChI=1S/C13H12ClNO/c1-9-3-6-12(13(14)7-9)11-5-4-10(2)15(16)8-11/h3-8H,1-2H3. The Hall–Kier alpha value is -1.54. The molecule has 2 rings (SSSR count). The molecule has 0 radical (unpaired) electrons. The van der Waals surface area contributed by atoms with E-state index in [9.17, 15) is 5.21 Å². The zero-order chi connectivity index (χ0) is 11.7. The van der Waals surface area contributed by atoms with Crippen molar-refractivity contribution < 1.29 is 4.73 Å². The minimum atomic E-state index is 0.670. The Balaban J connectivity index is 2.54. The first-order valence-corrected chi connectivity index (χ1v) is 5.42. The van der Waals surface area contributed by atoms with Gasteiger partial charge >= 0.3 is 0 Å². The summed E-state index contributed by atoms with van der Waals surface area (Å²) in [6.07, 6.45) is 1.55. The number of hydrogen-bond acceptors (Lipinski definition) is 1. The summed E-state index contributed by atoms with van der Waals surface area (Å²) in [6, 6.07) is 9.50. The van der Waals surface area contributed by atoms with Crippen LogP contribution in [0.25, 0.3) is 11.1 Å². The fourth-order valence-corrected chi connectivity index (χ4v) is 1.91. The molecule has 0 fully saturated rings. The molecule has 0 atom stereocenters. The molecule has 1 aromatic heterocycles. The quantitative estimate of drug-likeness (QED) is 0.549. The van der Waals surface area contributed by atoms with Crippen LogP contribution in [0.4, 0.5) is 0 Å². The van der Waals surface area contributed by atoms with Crippen molar-refractivity contribution in [3.05, 3.63) is 58.0 Å². The van der Waals surface area contributed by atoms with Crippen LogP contribution in [0, 0.1) is 19.1 Å². The van der Waals surface area contributed by atoms with Gasteiger partial charge in [-0.2, -0.15) is 4.73 Å². The van der Waals surface area contributed by atoms with Crippen LogP contribution in [-0.2, 0) is 0 Å². The van der Waals surface area contributed by atoms with E-state index < -0.39 is 0 Å². The summed E-state index contributed by atoms with van der Waals surface area (Å²) < 4.78 is 0.853. The van der Waals surface area contributed by atoms with Gasteiger partial charge in [-0.1, -0.05) is 23.7 Å². The first-order chi connectivity index (χ1) is 7.58. The molecule has 0 aliphatic heterocycles.